The number of hydrogen-bond donors (Lipinski definition) is 4. The van der Waals surface area contributed by atoms with Gasteiger partial charge in [-0.2, -0.15) is 0 Å². The van der Waals surface area contributed by atoms with Crippen LogP contribution in [-0.4, -0.2) is 82.3 Å². The molecule has 0 unspecified atom stereocenters. The van der Waals surface area contributed by atoms with Crippen molar-refractivity contribution in [2.75, 3.05) is 40.5 Å². The Balaban J connectivity index is 1.36. The molecule has 0 aliphatic heterocycles. The van der Waals surface area contributed by atoms with Crippen LogP contribution in [0.4, 0.5) is 4.79 Å². The lowest BCUT2D eigenvalue weighted by Gasteiger charge is -2.15. The molecule has 0 atom stereocenters. The zero-order valence-corrected chi connectivity index (χ0v) is 21.3. The van der Waals surface area contributed by atoms with Crippen molar-refractivity contribution in [2.45, 2.75) is 12.0 Å². The Labute approximate surface area is 223 Å². The fourth-order valence-corrected chi connectivity index (χ4v) is 3.95. The summed E-state index contributed by atoms with van der Waals surface area (Å²) in [6, 6.07) is 14.1. The molecule has 0 saturated carbocycles. The topological polar surface area (TPSA) is 178 Å². The van der Waals surface area contributed by atoms with Crippen molar-refractivity contribution in [1.82, 2.24) is 21.3 Å². The molecule has 13 heteroatoms. The standard InChI is InChI=1S/C26H28N4O9/c1-37-24(34)23(25(35)38-2)30-22(33)13-28-20(31)11-27-21(32)12-29-26(36)39-14-19-17-9-5-3-7-15(17)16-8-4-6-10-18(16)19/h3-10,19,23H,11-14H2,1-2H3,(H,27,32)(H,28,31)(H,29,36)(H,30,33). The van der Waals surface area contributed by atoms with Crippen molar-refractivity contribution >= 4 is 35.8 Å². The summed E-state index contributed by atoms with van der Waals surface area (Å²) in [5, 5.41) is 8.88. The summed E-state index contributed by atoms with van der Waals surface area (Å²) in [7, 11) is 2.05. The molecule has 2 aromatic carbocycles. The number of amides is 4. The molecule has 4 N–H and O–H groups in total. The maximum absolute atomic E-state index is 12.2. The van der Waals surface area contributed by atoms with Crippen LogP contribution in [0.3, 0.4) is 0 Å². The predicted molar refractivity (Wildman–Crippen MR) is 135 cm³/mol. The number of ether oxygens (including phenoxy) is 3. The van der Waals surface area contributed by atoms with Gasteiger partial charge in [-0.25, -0.2) is 14.4 Å². The van der Waals surface area contributed by atoms with Crippen molar-refractivity contribution in [3.05, 3.63) is 59.7 Å². The van der Waals surface area contributed by atoms with Crippen LogP contribution in [0, 0.1) is 0 Å². The van der Waals surface area contributed by atoms with E-state index in [2.05, 4.69) is 30.7 Å². The first kappa shape index (κ1) is 28.6. The number of methoxy groups -OCH3 is 2. The summed E-state index contributed by atoms with van der Waals surface area (Å²) in [5.74, 6) is -4.48. The van der Waals surface area contributed by atoms with Gasteiger partial charge >= 0.3 is 18.0 Å². The van der Waals surface area contributed by atoms with E-state index < -0.39 is 61.4 Å². The van der Waals surface area contributed by atoms with E-state index in [-0.39, 0.29) is 12.5 Å². The second-order valence-corrected chi connectivity index (χ2v) is 8.28. The van der Waals surface area contributed by atoms with Crippen LogP contribution in [0.25, 0.3) is 11.1 Å². The third-order valence-electron chi connectivity index (χ3n) is 5.81. The third-order valence-corrected chi connectivity index (χ3v) is 5.81. The SMILES string of the molecule is COC(=O)C(NC(=O)CNC(=O)CNC(=O)CNC(=O)OCC1c2ccccc2-c2ccccc21)C(=O)OC. The van der Waals surface area contributed by atoms with Crippen LogP contribution in [0.5, 0.6) is 0 Å². The number of hydrogen-bond acceptors (Lipinski definition) is 9. The highest BCUT2D eigenvalue weighted by Gasteiger charge is 2.31. The first-order valence-corrected chi connectivity index (χ1v) is 11.8. The highest BCUT2D eigenvalue weighted by atomic mass is 16.6. The molecule has 0 radical (unpaired) electrons. The maximum atomic E-state index is 12.2. The van der Waals surface area contributed by atoms with E-state index in [1.807, 2.05) is 48.5 Å². The van der Waals surface area contributed by atoms with Gasteiger partial charge in [0.15, 0.2) is 0 Å². The molecule has 0 aromatic heterocycles. The van der Waals surface area contributed by atoms with Crippen LogP contribution in [0.15, 0.2) is 48.5 Å². The van der Waals surface area contributed by atoms with Gasteiger partial charge in [-0.1, -0.05) is 48.5 Å². The van der Waals surface area contributed by atoms with Gasteiger partial charge in [-0.15, -0.1) is 0 Å². The van der Waals surface area contributed by atoms with E-state index in [0.717, 1.165) is 36.5 Å². The third kappa shape index (κ3) is 7.53. The molecule has 1 aliphatic carbocycles. The van der Waals surface area contributed by atoms with Crippen LogP contribution in [0.2, 0.25) is 0 Å². The zero-order valence-electron chi connectivity index (χ0n) is 21.3. The average molecular weight is 541 g/mol. The summed E-state index contributed by atoms with van der Waals surface area (Å²) in [6.45, 7) is -1.43. The summed E-state index contributed by atoms with van der Waals surface area (Å²) >= 11 is 0. The summed E-state index contributed by atoms with van der Waals surface area (Å²) in [6.07, 6.45) is -0.793. The van der Waals surface area contributed by atoms with Gasteiger partial charge in [0, 0.05) is 5.92 Å². The molecule has 0 heterocycles. The molecular weight excluding hydrogens is 512 g/mol. The Kier molecular flexibility index (Phi) is 9.95. The van der Waals surface area contributed by atoms with Crippen molar-refractivity contribution < 1.29 is 43.0 Å². The number of alkyl carbamates (subject to hydrolysis) is 1. The molecule has 39 heavy (non-hydrogen) atoms. The first-order valence-electron chi connectivity index (χ1n) is 11.8. The quantitative estimate of drug-likeness (QED) is 0.167. The van der Waals surface area contributed by atoms with Gasteiger partial charge in [-0.05, 0) is 22.3 Å². The minimum atomic E-state index is -1.69. The fraction of sp³-hybridized carbons (Fsp3) is 0.308. The fourth-order valence-electron chi connectivity index (χ4n) is 3.95. The number of nitrogens with one attached hydrogen (secondary N) is 4. The largest absolute Gasteiger partial charge is 0.467 e. The van der Waals surface area contributed by atoms with E-state index in [1.165, 1.54) is 0 Å². The zero-order chi connectivity index (χ0) is 28.4. The molecular formula is C26H28N4O9. The second-order valence-electron chi connectivity index (χ2n) is 8.28. The Bertz CT molecular complexity index is 1200. The number of carbonyl (C=O) groups excluding carboxylic acids is 6. The molecule has 3 rings (SSSR count). The van der Waals surface area contributed by atoms with Gasteiger partial charge in [0.2, 0.25) is 23.8 Å². The summed E-state index contributed by atoms with van der Waals surface area (Å²) in [5.41, 5.74) is 4.28. The molecule has 13 nitrogen and oxygen atoms in total. The Hall–Kier alpha value is -4.94. The second kappa shape index (κ2) is 13.6. The Morgan fingerprint density at radius 3 is 1.67 bits per heavy atom. The molecule has 206 valence electrons. The molecule has 2 aromatic rings. The van der Waals surface area contributed by atoms with Crippen LogP contribution in [-0.2, 0) is 38.2 Å². The predicted octanol–water partition coefficient (Wildman–Crippen LogP) is -0.412. The maximum Gasteiger partial charge on any atom is 0.407 e. The van der Waals surface area contributed by atoms with Gasteiger partial charge in [-0.3, -0.25) is 14.4 Å². The van der Waals surface area contributed by atoms with Crippen LogP contribution < -0.4 is 21.3 Å². The number of carbonyl (C=O) groups is 6. The van der Waals surface area contributed by atoms with Crippen LogP contribution >= 0.6 is 0 Å². The van der Waals surface area contributed by atoms with Crippen molar-refractivity contribution in [3.8, 4) is 11.1 Å². The molecule has 0 saturated heterocycles. The number of rotatable bonds is 11. The first-order chi connectivity index (χ1) is 18.7. The molecule has 0 fully saturated rings. The van der Waals surface area contributed by atoms with Gasteiger partial charge < -0.3 is 35.5 Å². The van der Waals surface area contributed by atoms with E-state index in [4.69, 9.17) is 4.74 Å². The highest BCUT2D eigenvalue weighted by molar-refractivity contribution is 6.02. The Morgan fingerprint density at radius 2 is 1.15 bits per heavy atom. The highest BCUT2D eigenvalue weighted by Crippen LogP contribution is 2.44. The average Bonchev–Trinajstić information content (AvgIpc) is 3.28. The minimum absolute atomic E-state index is 0.0821. The summed E-state index contributed by atoms with van der Waals surface area (Å²) < 4.78 is 14.2. The lowest BCUT2D eigenvalue weighted by atomic mass is 9.98. The van der Waals surface area contributed by atoms with Gasteiger partial charge in [0.05, 0.1) is 27.3 Å². The van der Waals surface area contributed by atoms with E-state index in [0.29, 0.717) is 0 Å². The van der Waals surface area contributed by atoms with Crippen molar-refractivity contribution in [2.24, 2.45) is 0 Å². The van der Waals surface area contributed by atoms with E-state index >= 15 is 0 Å². The van der Waals surface area contributed by atoms with Crippen molar-refractivity contribution in [3.63, 3.8) is 0 Å². The van der Waals surface area contributed by atoms with Gasteiger partial charge in [0.25, 0.3) is 0 Å². The smallest absolute Gasteiger partial charge is 0.407 e. The van der Waals surface area contributed by atoms with Gasteiger partial charge in [0.1, 0.15) is 13.2 Å². The summed E-state index contributed by atoms with van der Waals surface area (Å²) in [4.78, 5) is 71.1. The number of fused-ring (bicyclic) bond motifs is 3. The lowest BCUT2D eigenvalue weighted by molar-refractivity contribution is -0.156. The van der Waals surface area contributed by atoms with Crippen molar-refractivity contribution in [1.29, 1.82) is 0 Å². The van der Waals surface area contributed by atoms with Crippen LogP contribution in [0.1, 0.15) is 17.0 Å². The monoisotopic (exact) mass is 540 g/mol. The molecule has 0 spiro atoms. The van der Waals surface area contributed by atoms with E-state index in [1.54, 1.807) is 0 Å². The Morgan fingerprint density at radius 1 is 0.692 bits per heavy atom. The molecule has 4 amide bonds. The number of benzene rings is 2. The molecule has 0 bridgehead atoms. The van der Waals surface area contributed by atoms with E-state index in [9.17, 15) is 28.8 Å². The number of esters is 2. The minimum Gasteiger partial charge on any atom is -0.467 e. The lowest BCUT2D eigenvalue weighted by Crippen LogP contribution is -2.51. The normalized spacial score (nSPS) is 11.5. The molecule has 1 aliphatic rings.